The summed E-state index contributed by atoms with van der Waals surface area (Å²) >= 11 is 0. The molecule has 1 unspecified atom stereocenters. The first kappa shape index (κ1) is 13.3. The van der Waals surface area contributed by atoms with Crippen molar-refractivity contribution in [1.82, 2.24) is 15.1 Å². The van der Waals surface area contributed by atoms with Gasteiger partial charge in [0.25, 0.3) is 5.91 Å². The second kappa shape index (κ2) is 5.69. The molecule has 2 aromatic rings. The molecule has 0 bridgehead atoms. The summed E-state index contributed by atoms with van der Waals surface area (Å²) in [4.78, 5) is 12.2. The van der Waals surface area contributed by atoms with E-state index in [0.29, 0.717) is 5.69 Å². The molecule has 4 heteroatoms. The molecule has 1 amide bonds. The van der Waals surface area contributed by atoms with E-state index in [0.717, 1.165) is 17.7 Å². The van der Waals surface area contributed by atoms with Crippen LogP contribution in [-0.2, 0) is 7.05 Å². The molecule has 0 aliphatic heterocycles. The van der Waals surface area contributed by atoms with Gasteiger partial charge in [-0.25, -0.2) is 0 Å². The van der Waals surface area contributed by atoms with E-state index in [-0.39, 0.29) is 11.9 Å². The molecule has 1 aromatic carbocycles. The van der Waals surface area contributed by atoms with Crippen LogP contribution in [0, 0.1) is 6.92 Å². The van der Waals surface area contributed by atoms with Gasteiger partial charge in [0.2, 0.25) is 0 Å². The summed E-state index contributed by atoms with van der Waals surface area (Å²) in [5.74, 6) is -0.126. The Morgan fingerprint density at radius 1 is 1.37 bits per heavy atom. The Morgan fingerprint density at radius 2 is 2.05 bits per heavy atom. The third-order valence-corrected chi connectivity index (χ3v) is 3.26. The van der Waals surface area contributed by atoms with Gasteiger partial charge in [0.1, 0.15) is 5.69 Å². The average Bonchev–Trinajstić information content (AvgIpc) is 2.77. The Kier molecular flexibility index (Phi) is 4.00. The van der Waals surface area contributed by atoms with Crippen LogP contribution in [0.5, 0.6) is 0 Å². The van der Waals surface area contributed by atoms with Crippen LogP contribution in [0.4, 0.5) is 0 Å². The SMILES string of the molecule is CCC(NC(=O)c1cc(C)n(C)n1)c1ccccc1. The van der Waals surface area contributed by atoms with Crippen LogP contribution in [-0.4, -0.2) is 15.7 Å². The lowest BCUT2D eigenvalue weighted by Crippen LogP contribution is -2.28. The maximum absolute atomic E-state index is 12.2. The quantitative estimate of drug-likeness (QED) is 0.915. The van der Waals surface area contributed by atoms with E-state index in [9.17, 15) is 4.79 Å². The lowest BCUT2D eigenvalue weighted by Gasteiger charge is -2.16. The third-order valence-electron chi connectivity index (χ3n) is 3.26. The smallest absolute Gasteiger partial charge is 0.272 e. The minimum atomic E-state index is -0.126. The van der Waals surface area contributed by atoms with Gasteiger partial charge >= 0.3 is 0 Å². The molecule has 0 aliphatic rings. The lowest BCUT2D eigenvalue weighted by atomic mass is 10.0. The molecular formula is C15H19N3O. The first-order valence-electron chi connectivity index (χ1n) is 6.48. The predicted molar refractivity (Wildman–Crippen MR) is 74.9 cm³/mol. The van der Waals surface area contributed by atoms with Crippen LogP contribution in [0.3, 0.4) is 0 Å². The predicted octanol–water partition coefficient (Wildman–Crippen LogP) is 2.61. The van der Waals surface area contributed by atoms with E-state index >= 15 is 0 Å². The summed E-state index contributed by atoms with van der Waals surface area (Å²) < 4.78 is 1.71. The molecule has 0 fully saturated rings. The molecule has 1 N–H and O–H groups in total. The third kappa shape index (κ3) is 3.02. The standard InChI is InChI=1S/C15H19N3O/c1-4-13(12-8-6-5-7-9-12)16-15(19)14-10-11(2)18(3)17-14/h5-10,13H,4H2,1-3H3,(H,16,19). The first-order chi connectivity index (χ1) is 9.11. The van der Waals surface area contributed by atoms with Crippen molar-refractivity contribution in [3.8, 4) is 0 Å². The maximum Gasteiger partial charge on any atom is 0.272 e. The van der Waals surface area contributed by atoms with E-state index < -0.39 is 0 Å². The zero-order valence-electron chi connectivity index (χ0n) is 11.6. The van der Waals surface area contributed by atoms with Gasteiger partial charge in [-0.2, -0.15) is 5.10 Å². The number of nitrogens with one attached hydrogen (secondary N) is 1. The molecule has 1 heterocycles. The highest BCUT2D eigenvalue weighted by molar-refractivity contribution is 5.92. The van der Waals surface area contributed by atoms with Crippen molar-refractivity contribution in [2.45, 2.75) is 26.3 Å². The van der Waals surface area contributed by atoms with Gasteiger partial charge in [-0.05, 0) is 25.0 Å². The van der Waals surface area contributed by atoms with Gasteiger partial charge in [0, 0.05) is 12.7 Å². The number of carbonyl (C=O) groups excluding carboxylic acids is 1. The van der Waals surface area contributed by atoms with Crippen LogP contribution in [0.1, 0.15) is 41.1 Å². The number of benzene rings is 1. The molecular weight excluding hydrogens is 238 g/mol. The topological polar surface area (TPSA) is 46.9 Å². The Morgan fingerprint density at radius 3 is 2.58 bits per heavy atom. The molecule has 0 aliphatic carbocycles. The first-order valence-corrected chi connectivity index (χ1v) is 6.48. The number of amides is 1. The van der Waals surface area contributed by atoms with Gasteiger partial charge in [-0.15, -0.1) is 0 Å². The number of aromatic nitrogens is 2. The summed E-state index contributed by atoms with van der Waals surface area (Å²) in [7, 11) is 1.83. The number of hydrogen-bond donors (Lipinski definition) is 1. The highest BCUT2D eigenvalue weighted by atomic mass is 16.2. The zero-order chi connectivity index (χ0) is 13.8. The number of carbonyl (C=O) groups is 1. The van der Waals surface area contributed by atoms with Crippen LogP contribution in [0.25, 0.3) is 0 Å². The Balaban J connectivity index is 2.13. The van der Waals surface area contributed by atoms with Crippen LogP contribution in [0.15, 0.2) is 36.4 Å². The number of rotatable bonds is 4. The van der Waals surface area contributed by atoms with Gasteiger partial charge in [-0.3, -0.25) is 9.48 Å². The van der Waals surface area contributed by atoms with Crippen LogP contribution < -0.4 is 5.32 Å². The average molecular weight is 257 g/mol. The number of aryl methyl sites for hydroxylation is 2. The minimum absolute atomic E-state index is 0.0241. The molecule has 100 valence electrons. The fourth-order valence-corrected chi connectivity index (χ4v) is 2.01. The van der Waals surface area contributed by atoms with Gasteiger partial charge in [0.15, 0.2) is 0 Å². The second-order valence-electron chi connectivity index (χ2n) is 4.64. The van der Waals surface area contributed by atoms with E-state index in [1.807, 2.05) is 44.3 Å². The molecule has 4 nitrogen and oxygen atoms in total. The zero-order valence-corrected chi connectivity index (χ0v) is 11.6. The van der Waals surface area contributed by atoms with Crippen molar-refractivity contribution in [1.29, 1.82) is 0 Å². The molecule has 0 saturated carbocycles. The van der Waals surface area contributed by atoms with Crippen molar-refractivity contribution in [2.24, 2.45) is 7.05 Å². The highest BCUT2D eigenvalue weighted by Crippen LogP contribution is 2.16. The molecule has 1 atom stereocenters. The van der Waals surface area contributed by atoms with Crippen molar-refractivity contribution >= 4 is 5.91 Å². The maximum atomic E-state index is 12.2. The normalized spacial score (nSPS) is 12.2. The van der Waals surface area contributed by atoms with E-state index in [2.05, 4.69) is 17.3 Å². The van der Waals surface area contributed by atoms with Crippen molar-refractivity contribution in [3.63, 3.8) is 0 Å². The van der Waals surface area contributed by atoms with Crippen molar-refractivity contribution in [3.05, 3.63) is 53.3 Å². The summed E-state index contributed by atoms with van der Waals surface area (Å²) in [6.45, 7) is 3.99. The summed E-state index contributed by atoms with van der Waals surface area (Å²) in [5, 5.41) is 7.22. The number of hydrogen-bond acceptors (Lipinski definition) is 2. The van der Waals surface area contributed by atoms with Crippen molar-refractivity contribution < 1.29 is 4.79 Å². The fourth-order valence-electron chi connectivity index (χ4n) is 2.01. The lowest BCUT2D eigenvalue weighted by molar-refractivity contribution is 0.0930. The Hall–Kier alpha value is -2.10. The minimum Gasteiger partial charge on any atom is -0.344 e. The highest BCUT2D eigenvalue weighted by Gasteiger charge is 2.16. The van der Waals surface area contributed by atoms with E-state index in [1.165, 1.54) is 0 Å². The monoisotopic (exact) mass is 257 g/mol. The summed E-state index contributed by atoms with van der Waals surface area (Å²) in [6.07, 6.45) is 0.849. The molecule has 0 spiro atoms. The van der Waals surface area contributed by atoms with Gasteiger partial charge in [-0.1, -0.05) is 37.3 Å². The van der Waals surface area contributed by atoms with Gasteiger partial charge in [0.05, 0.1) is 6.04 Å². The Labute approximate surface area is 113 Å². The van der Waals surface area contributed by atoms with Crippen LogP contribution >= 0.6 is 0 Å². The molecule has 0 saturated heterocycles. The van der Waals surface area contributed by atoms with Crippen LogP contribution in [0.2, 0.25) is 0 Å². The molecule has 19 heavy (non-hydrogen) atoms. The summed E-state index contributed by atoms with van der Waals surface area (Å²) in [6, 6.07) is 11.8. The van der Waals surface area contributed by atoms with E-state index in [1.54, 1.807) is 10.7 Å². The second-order valence-corrected chi connectivity index (χ2v) is 4.64. The van der Waals surface area contributed by atoms with E-state index in [4.69, 9.17) is 0 Å². The van der Waals surface area contributed by atoms with Crippen molar-refractivity contribution in [2.75, 3.05) is 0 Å². The van der Waals surface area contributed by atoms with Gasteiger partial charge < -0.3 is 5.32 Å². The summed E-state index contributed by atoms with van der Waals surface area (Å²) in [5.41, 5.74) is 2.55. The molecule has 1 aromatic heterocycles. The fraction of sp³-hybridized carbons (Fsp3) is 0.333. The largest absolute Gasteiger partial charge is 0.344 e. The molecule has 0 radical (unpaired) electrons. The number of nitrogens with zero attached hydrogens (tertiary/aromatic N) is 2. The molecule has 2 rings (SSSR count). The Bertz CT molecular complexity index is 541.